The molecule has 28 heavy (non-hydrogen) atoms. The molecule has 2 aromatic carbocycles. The lowest BCUT2D eigenvalue weighted by atomic mass is 9.86. The third-order valence-corrected chi connectivity index (χ3v) is 5.53. The molecule has 0 aliphatic carbocycles. The summed E-state index contributed by atoms with van der Waals surface area (Å²) in [6, 6.07) is 18.0. The molecular weight excluding hydrogens is 352 g/mol. The number of likely N-dealkylation sites (tertiary alicyclic amines) is 1. The van der Waals surface area contributed by atoms with Crippen molar-refractivity contribution in [3.8, 4) is 0 Å². The summed E-state index contributed by atoms with van der Waals surface area (Å²) in [5, 5.41) is 17.4. The fourth-order valence-corrected chi connectivity index (χ4v) is 4.04. The van der Waals surface area contributed by atoms with Crippen molar-refractivity contribution in [1.29, 1.82) is 0 Å². The zero-order valence-electron chi connectivity index (χ0n) is 15.3. The number of nitrogens with zero attached hydrogens (tertiary/aromatic N) is 4. The van der Waals surface area contributed by atoms with E-state index in [-0.39, 0.29) is 11.8 Å². The van der Waals surface area contributed by atoms with Crippen molar-refractivity contribution in [3.05, 3.63) is 78.2 Å². The zero-order chi connectivity index (χ0) is 19.1. The Balaban J connectivity index is 1.35. The lowest BCUT2D eigenvalue weighted by molar-refractivity contribution is 0.0378. The Kier molecular flexibility index (Phi) is 4.06. The van der Waals surface area contributed by atoms with Crippen molar-refractivity contribution >= 4 is 22.3 Å². The molecule has 1 aliphatic heterocycles. The molecule has 0 spiro atoms. The molecule has 1 aliphatic rings. The number of fused-ring (bicyclic) bond motifs is 2. The van der Waals surface area contributed by atoms with Gasteiger partial charge in [-0.05, 0) is 28.8 Å². The number of hydrogen-bond donors (Lipinski definition) is 1. The Morgan fingerprint density at radius 1 is 1.07 bits per heavy atom. The minimum absolute atomic E-state index is 0.0244. The lowest BCUT2D eigenvalue weighted by Crippen LogP contribution is -2.45. The van der Waals surface area contributed by atoms with Gasteiger partial charge in [0.05, 0.1) is 6.10 Å². The van der Waals surface area contributed by atoms with Gasteiger partial charge in [0.1, 0.15) is 0 Å². The zero-order valence-corrected chi connectivity index (χ0v) is 15.3. The van der Waals surface area contributed by atoms with Gasteiger partial charge in [0.2, 0.25) is 0 Å². The smallest absolute Gasteiger partial charge is 0.274 e. The second kappa shape index (κ2) is 6.73. The molecule has 140 valence electrons. The van der Waals surface area contributed by atoms with E-state index in [1.807, 2.05) is 12.1 Å². The van der Waals surface area contributed by atoms with Crippen LogP contribution < -0.4 is 0 Å². The van der Waals surface area contributed by atoms with E-state index in [0.29, 0.717) is 24.4 Å². The molecule has 1 N–H and O–H groups in total. The molecule has 4 aromatic rings. The highest BCUT2D eigenvalue weighted by Gasteiger charge is 2.32. The highest BCUT2D eigenvalue weighted by molar-refractivity contribution is 5.93. The van der Waals surface area contributed by atoms with Gasteiger partial charge in [-0.3, -0.25) is 4.79 Å². The molecule has 6 heteroatoms. The number of hydrogen-bond acceptors (Lipinski definition) is 4. The molecule has 1 saturated heterocycles. The van der Waals surface area contributed by atoms with Crippen LogP contribution in [0.4, 0.5) is 0 Å². The normalized spacial score (nSPS) is 20.0. The van der Waals surface area contributed by atoms with Crippen molar-refractivity contribution in [1.82, 2.24) is 19.5 Å². The van der Waals surface area contributed by atoms with Crippen LogP contribution in [0.2, 0.25) is 0 Å². The predicted molar refractivity (Wildman–Crippen MR) is 106 cm³/mol. The van der Waals surface area contributed by atoms with E-state index in [1.165, 1.54) is 10.8 Å². The van der Waals surface area contributed by atoms with E-state index >= 15 is 0 Å². The van der Waals surface area contributed by atoms with E-state index in [1.54, 1.807) is 33.9 Å². The summed E-state index contributed by atoms with van der Waals surface area (Å²) in [5.74, 6) is -0.141. The van der Waals surface area contributed by atoms with Crippen LogP contribution in [0.15, 0.2) is 67.0 Å². The monoisotopic (exact) mass is 372 g/mol. The summed E-state index contributed by atoms with van der Waals surface area (Å²) in [6.45, 7) is 0.895. The van der Waals surface area contributed by atoms with Crippen LogP contribution in [0.5, 0.6) is 0 Å². The first-order valence-corrected chi connectivity index (χ1v) is 9.45. The number of carbonyl (C=O) groups excluding carboxylic acids is 1. The van der Waals surface area contributed by atoms with Crippen molar-refractivity contribution in [2.45, 2.75) is 18.4 Å². The van der Waals surface area contributed by atoms with Crippen molar-refractivity contribution in [2.24, 2.45) is 0 Å². The average molecular weight is 372 g/mol. The quantitative estimate of drug-likeness (QED) is 0.587. The van der Waals surface area contributed by atoms with Crippen LogP contribution in [0, 0.1) is 0 Å². The number of aliphatic hydroxyl groups excluding tert-OH is 1. The number of aromatic nitrogens is 3. The topological polar surface area (TPSA) is 70.7 Å². The predicted octanol–water partition coefficient (Wildman–Crippen LogP) is 2.87. The second-order valence-electron chi connectivity index (χ2n) is 7.27. The minimum atomic E-state index is -0.603. The number of β-amino-alcohol motifs (C(OH)–C–C–N with tert-alkyl or cyclic N) is 1. The van der Waals surface area contributed by atoms with Crippen LogP contribution in [0.3, 0.4) is 0 Å². The van der Waals surface area contributed by atoms with Crippen molar-refractivity contribution in [3.63, 3.8) is 0 Å². The van der Waals surface area contributed by atoms with Crippen molar-refractivity contribution in [2.75, 3.05) is 13.1 Å². The Hall–Kier alpha value is -3.25. The van der Waals surface area contributed by atoms with Gasteiger partial charge in [0.15, 0.2) is 11.3 Å². The van der Waals surface area contributed by atoms with Crippen LogP contribution in [-0.4, -0.2) is 49.7 Å². The standard InChI is InChI=1S/C22H20N4O2/c27-20-14-25(22(28)19-13-21-23-9-3-10-26(21)24-19)11-8-18(20)17-7-6-15-4-1-2-5-16(15)12-17/h1-7,9-10,12-13,18,20,27H,8,11,14H2/t18-,20+/m0/s1. The fourth-order valence-electron chi connectivity index (χ4n) is 4.04. The Bertz CT molecular complexity index is 1140. The number of piperidine rings is 1. The maximum absolute atomic E-state index is 12.8. The van der Waals surface area contributed by atoms with Gasteiger partial charge in [0, 0.05) is 37.5 Å². The molecular formula is C22H20N4O2. The number of benzene rings is 2. The molecule has 2 atom stereocenters. The highest BCUT2D eigenvalue weighted by atomic mass is 16.3. The van der Waals surface area contributed by atoms with E-state index in [9.17, 15) is 9.90 Å². The lowest BCUT2D eigenvalue weighted by Gasteiger charge is -2.36. The van der Waals surface area contributed by atoms with Gasteiger partial charge in [-0.15, -0.1) is 0 Å². The van der Waals surface area contributed by atoms with Crippen LogP contribution in [-0.2, 0) is 0 Å². The third-order valence-electron chi connectivity index (χ3n) is 5.53. The molecule has 2 aromatic heterocycles. The molecule has 0 saturated carbocycles. The first kappa shape index (κ1) is 16.9. The van der Waals surface area contributed by atoms with Gasteiger partial charge >= 0.3 is 0 Å². The Morgan fingerprint density at radius 3 is 2.75 bits per heavy atom. The first-order chi connectivity index (χ1) is 13.7. The summed E-state index contributed by atoms with van der Waals surface area (Å²) in [6.07, 6.45) is 3.55. The molecule has 1 amide bonds. The Labute approximate surface area is 162 Å². The molecule has 0 radical (unpaired) electrons. The molecule has 5 rings (SSSR count). The van der Waals surface area contributed by atoms with Gasteiger partial charge in [-0.2, -0.15) is 5.10 Å². The summed E-state index contributed by atoms with van der Waals surface area (Å²) >= 11 is 0. The Morgan fingerprint density at radius 2 is 1.93 bits per heavy atom. The van der Waals surface area contributed by atoms with E-state index < -0.39 is 6.10 Å². The van der Waals surface area contributed by atoms with Gasteiger partial charge in [-0.25, -0.2) is 9.50 Å². The van der Waals surface area contributed by atoms with Crippen LogP contribution >= 0.6 is 0 Å². The molecule has 6 nitrogen and oxygen atoms in total. The van der Waals surface area contributed by atoms with Crippen LogP contribution in [0.1, 0.15) is 28.4 Å². The molecule has 3 heterocycles. The van der Waals surface area contributed by atoms with Gasteiger partial charge in [0.25, 0.3) is 5.91 Å². The number of amides is 1. The highest BCUT2D eigenvalue weighted by Crippen LogP contribution is 2.31. The van der Waals surface area contributed by atoms with E-state index in [4.69, 9.17) is 0 Å². The number of rotatable bonds is 2. The van der Waals surface area contributed by atoms with Crippen molar-refractivity contribution < 1.29 is 9.90 Å². The summed E-state index contributed by atoms with van der Waals surface area (Å²) < 4.78 is 1.59. The number of aliphatic hydroxyl groups is 1. The summed E-state index contributed by atoms with van der Waals surface area (Å²) in [7, 11) is 0. The summed E-state index contributed by atoms with van der Waals surface area (Å²) in [4.78, 5) is 18.7. The SMILES string of the molecule is O=C(c1cc2ncccn2n1)N1CC[C@@H](c2ccc3ccccc3c2)[C@H](O)C1. The van der Waals surface area contributed by atoms with Gasteiger partial charge < -0.3 is 10.0 Å². The van der Waals surface area contributed by atoms with E-state index in [0.717, 1.165) is 12.0 Å². The minimum Gasteiger partial charge on any atom is -0.391 e. The van der Waals surface area contributed by atoms with Crippen LogP contribution in [0.25, 0.3) is 16.4 Å². The van der Waals surface area contributed by atoms with Gasteiger partial charge in [-0.1, -0.05) is 42.5 Å². The third kappa shape index (κ3) is 2.92. The fraction of sp³-hybridized carbons (Fsp3) is 0.227. The molecule has 0 bridgehead atoms. The summed E-state index contributed by atoms with van der Waals surface area (Å²) in [5.41, 5.74) is 2.11. The molecule has 1 fully saturated rings. The second-order valence-corrected chi connectivity index (χ2v) is 7.27. The maximum atomic E-state index is 12.8. The number of carbonyl (C=O) groups is 1. The molecule has 0 unspecified atom stereocenters. The first-order valence-electron chi connectivity index (χ1n) is 9.45. The van der Waals surface area contributed by atoms with E-state index in [2.05, 4.69) is 40.4 Å². The maximum Gasteiger partial charge on any atom is 0.274 e. The average Bonchev–Trinajstić information content (AvgIpc) is 3.17. The largest absolute Gasteiger partial charge is 0.391 e.